The van der Waals surface area contributed by atoms with Crippen LogP contribution in [0.3, 0.4) is 0 Å². The SMILES string of the molecule is N#CC1CN(S(=O)(=O)c2cc(Cl)c(Br)c(N)c2F)CCO1. The van der Waals surface area contributed by atoms with Crippen molar-refractivity contribution in [2.24, 2.45) is 0 Å². The smallest absolute Gasteiger partial charge is 0.246 e. The largest absolute Gasteiger partial charge is 0.395 e. The van der Waals surface area contributed by atoms with Crippen molar-refractivity contribution in [2.45, 2.75) is 11.0 Å². The lowest BCUT2D eigenvalue weighted by molar-refractivity contribution is 0.0311. The number of ether oxygens (including phenoxy) is 1. The standard InChI is InChI=1S/C11H10BrClFN3O3S/c12-9-7(13)3-8(10(14)11(9)16)21(18,19)17-1-2-20-6(4-15)5-17/h3,6H,1-2,5,16H2. The summed E-state index contributed by atoms with van der Waals surface area (Å²) in [6.45, 7) is -0.0990. The number of nitrogens with zero attached hydrogens (tertiary/aromatic N) is 2. The Morgan fingerprint density at radius 1 is 1.62 bits per heavy atom. The monoisotopic (exact) mass is 397 g/mol. The van der Waals surface area contributed by atoms with E-state index in [0.717, 1.165) is 10.4 Å². The van der Waals surface area contributed by atoms with Crippen LogP contribution in [0.5, 0.6) is 0 Å². The molecule has 0 bridgehead atoms. The molecule has 0 aliphatic carbocycles. The van der Waals surface area contributed by atoms with Crippen molar-refractivity contribution >= 4 is 43.2 Å². The molecule has 1 fully saturated rings. The van der Waals surface area contributed by atoms with Gasteiger partial charge in [0, 0.05) is 6.54 Å². The molecule has 1 aliphatic heterocycles. The zero-order valence-corrected chi connectivity index (χ0v) is 13.7. The van der Waals surface area contributed by atoms with Crippen LogP contribution >= 0.6 is 27.5 Å². The lowest BCUT2D eigenvalue weighted by Gasteiger charge is -2.29. The molecule has 6 nitrogen and oxygen atoms in total. The Bertz CT molecular complexity index is 722. The van der Waals surface area contributed by atoms with Gasteiger partial charge in [0.05, 0.1) is 34.4 Å². The highest BCUT2D eigenvalue weighted by molar-refractivity contribution is 9.10. The normalized spacial score (nSPS) is 20.2. The summed E-state index contributed by atoms with van der Waals surface area (Å²) in [6.07, 6.45) is -0.889. The van der Waals surface area contributed by atoms with Crippen LogP contribution in [0.25, 0.3) is 0 Å². The molecule has 2 N–H and O–H groups in total. The molecule has 0 amide bonds. The predicted octanol–water partition coefficient (Wildman–Crippen LogP) is 1.74. The molecular weight excluding hydrogens is 389 g/mol. The van der Waals surface area contributed by atoms with Crippen LogP contribution in [0.1, 0.15) is 0 Å². The third-order valence-corrected chi connectivity index (χ3v) is 6.19. The molecule has 1 atom stereocenters. The van der Waals surface area contributed by atoms with Gasteiger partial charge in [0.15, 0.2) is 11.9 Å². The summed E-state index contributed by atoms with van der Waals surface area (Å²) in [5.41, 5.74) is 5.11. The topological polar surface area (TPSA) is 96.4 Å². The van der Waals surface area contributed by atoms with Crippen LogP contribution in [0.4, 0.5) is 10.1 Å². The zero-order valence-electron chi connectivity index (χ0n) is 10.5. The summed E-state index contributed by atoms with van der Waals surface area (Å²) in [6, 6.07) is 2.81. The zero-order chi connectivity index (χ0) is 15.8. The van der Waals surface area contributed by atoms with Gasteiger partial charge >= 0.3 is 0 Å². The van der Waals surface area contributed by atoms with Crippen LogP contribution in [0.2, 0.25) is 5.02 Å². The van der Waals surface area contributed by atoms with E-state index < -0.39 is 26.8 Å². The highest BCUT2D eigenvalue weighted by Crippen LogP contribution is 2.35. The number of sulfonamides is 1. The molecule has 2 rings (SSSR count). The van der Waals surface area contributed by atoms with Crippen molar-refractivity contribution in [1.29, 1.82) is 5.26 Å². The number of halogens is 3. The Morgan fingerprint density at radius 2 is 2.29 bits per heavy atom. The van der Waals surface area contributed by atoms with Gasteiger partial charge in [-0.2, -0.15) is 9.57 Å². The summed E-state index contributed by atoms with van der Waals surface area (Å²) in [4.78, 5) is -0.619. The number of rotatable bonds is 2. The molecule has 114 valence electrons. The number of nitrogen functional groups attached to an aromatic ring is 1. The minimum Gasteiger partial charge on any atom is -0.395 e. The molecule has 0 aromatic heterocycles. The lowest BCUT2D eigenvalue weighted by atomic mass is 10.3. The number of nitrogens with two attached hydrogens (primary N) is 1. The Kier molecular flexibility index (Phi) is 4.75. The average Bonchev–Trinajstić information content (AvgIpc) is 2.48. The van der Waals surface area contributed by atoms with Gasteiger partial charge < -0.3 is 10.5 Å². The summed E-state index contributed by atoms with van der Waals surface area (Å²) >= 11 is 8.82. The van der Waals surface area contributed by atoms with Gasteiger partial charge in [0.1, 0.15) is 4.90 Å². The highest BCUT2D eigenvalue weighted by Gasteiger charge is 2.34. The van der Waals surface area contributed by atoms with Gasteiger partial charge in [-0.05, 0) is 22.0 Å². The maximum atomic E-state index is 14.2. The van der Waals surface area contributed by atoms with E-state index in [-0.39, 0.29) is 34.9 Å². The van der Waals surface area contributed by atoms with E-state index in [1.165, 1.54) is 0 Å². The van der Waals surface area contributed by atoms with Crippen LogP contribution < -0.4 is 5.73 Å². The van der Waals surface area contributed by atoms with E-state index in [1.54, 1.807) is 0 Å². The van der Waals surface area contributed by atoms with Gasteiger partial charge in [0.2, 0.25) is 10.0 Å². The first kappa shape index (κ1) is 16.5. The van der Waals surface area contributed by atoms with E-state index in [9.17, 15) is 12.8 Å². The summed E-state index contributed by atoms with van der Waals surface area (Å²) in [5.74, 6) is -1.08. The van der Waals surface area contributed by atoms with Crippen LogP contribution in [0.15, 0.2) is 15.4 Å². The summed E-state index contributed by atoms with van der Waals surface area (Å²) < 4.78 is 45.2. The Balaban J connectivity index is 2.48. The van der Waals surface area contributed by atoms with Crippen molar-refractivity contribution < 1.29 is 17.5 Å². The van der Waals surface area contributed by atoms with Gasteiger partial charge in [-0.25, -0.2) is 12.8 Å². The van der Waals surface area contributed by atoms with Crippen LogP contribution in [0, 0.1) is 17.1 Å². The Hall–Kier alpha value is -0.920. The Labute approximate surface area is 134 Å². The number of morpholine rings is 1. The first-order chi connectivity index (χ1) is 9.78. The lowest BCUT2D eigenvalue weighted by Crippen LogP contribution is -2.45. The van der Waals surface area contributed by atoms with E-state index >= 15 is 0 Å². The molecule has 1 saturated heterocycles. The molecule has 1 aromatic carbocycles. The van der Waals surface area contributed by atoms with E-state index in [1.807, 2.05) is 6.07 Å². The van der Waals surface area contributed by atoms with Crippen molar-refractivity contribution in [3.63, 3.8) is 0 Å². The number of benzene rings is 1. The summed E-state index contributed by atoms with van der Waals surface area (Å²) in [5, 5.41) is 8.79. The molecule has 1 heterocycles. The second-order valence-corrected chi connectivity index (χ2v) is 7.36. The molecule has 1 aromatic rings. The van der Waals surface area contributed by atoms with Crippen LogP contribution in [-0.2, 0) is 14.8 Å². The third-order valence-electron chi connectivity index (χ3n) is 2.95. The quantitative estimate of drug-likeness (QED) is 0.604. The van der Waals surface area contributed by atoms with Gasteiger partial charge in [-0.15, -0.1) is 0 Å². The minimum atomic E-state index is -4.16. The molecule has 0 saturated carbocycles. The van der Waals surface area contributed by atoms with E-state index in [0.29, 0.717) is 0 Å². The maximum absolute atomic E-state index is 14.2. The molecule has 1 aliphatic rings. The number of hydrogen-bond donors (Lipinski definition) is 1. The van der Waals surface area contributed by atoms with E-state index in [2.05, 4.69) is 15.9 Å². The molecular formula is C11H10BrClFN3O3S. The predicted molar refractivity (Wildman–Crippen MR) is 77.6 cm³/mol. The van der Waals surface area contributed by atoms with Crippen molar-refractivity contribution in [3.8, 4) is 6.07 Å². The fraction of sp³-hybridized carbons (Fsp3) is 0.364. The molecule has 0 spiro atoms. The molecule has 1 unspecified atom stereocenters. The molecule has 21 heavy (non-hydrogen) atoms. The summed E-state index contributed by atoms with van der Waals surface area (Å²) in [7, 11) is -4.16. The van der Waals surface area contributed by atoms with E-state index in [4.69, 9.17) is 27.3 Å². The highest BCUT2D eigenvalue weighted by atomic mass is 79.9. The molecule has 10 heteroatoms. The number of anilines is 1. The third kappa shape index (κ3) is 3.00. The fourth-order valence-corrected chi connectivity index (χ4v) is 3.94. The van der Waals surface area contributed by atoms with Gasteiger partial charge in [0.25, 0.3) is 0 Å². The average molecular weight is 399 g/mol. The Morgan fingerprint density at radius 3 is 2.90 bits per heavy atom. The first-order valence-corrected chi connectivity index (χ1v) is 8.34. The minimum absolute atomic E-state index is 0.0161. The maximum Gasteiger partial charge on any atom is 0.246 e. The van der Waals surface area contributed by atoms with Gasteiger partial charge in [-0.1, -0.05) is 11.6 Å². The van der Waals surface area contributed by atoms with Crippen molar-refractivity contribution in [3.05, 3.63) is 21.4 Å². The number of hydrogen-bond acceptors (Lipinski definition) is 5. The first-order valence-electron chi connectivity index (χ1n) is 5.73. The number of nitriles is 1. The van der Waals surface area contributed by atoms with Crippen LogP contribution in [-0.4, -0.2) is 38.5 Å². The molecule has 0 radical (unpaired) electrons. The van der Waals surface area contributed by atoms with Crippen molar-refractivity contribution in [2.75, 3.05) is 25.4 Å². The van der Waals surface area contributed by atoms with Crippen molar-refractivity contribution in [1.82, 2.24) is 4.31 Å². The fourth-order valence-electron chi connectivity index (χ4n) is 1.85. The van der Waals surface area contributed by atoms with Gasteiger partial charge in [-0.3, -0.25) is 0 Å². The second-order valence-electron chi connectivity index (χ2n) is 4.25. The second kappa shape index (κ2) is 6.06.